The summed E-state index contributed by atoms with van der Waals surface area (Å²) >= 11 is 0. The van der Waals surface area contributed by atoms with E-state index >= 15 is 0 Å². The molecule has 0 heterocycles. The molecule has 0 aromatic heterocycles. The van der Waals surface area contributed by atoms with E-state index in [9.17, 15) is 4.57 Å². The van der Waals surface area contributed by atoms with E-state index in [2.05, 4.69) is 17.8 Å². The molecule has 0 amide bonds. The van der Waals surface area contributed by atoms with Gasteiger partial charge in [-0.1, -0.05) is 35.5 Å². The van der Waals surface area contributed by atoms with Crippen molar-refractivity contribution < 1.29 is 18.2 Å². The first-order chi connectivity index (χ1) is 11.1. The summed E-state index contributed by atoms with van der Waals surface area (Å²) in [5.74, 6) is 0.194. The second-order valence-electron chi connectivity index (χ2n) is 5.26. The summed E-state index contributed by atoms with van der Waals surface area (Å²) in [4.78, 5) is 0. The number of nitrogens with zero attached hydrogens (tertiary/aromatic N) is 1. The van der Waals surface area contributed by atoms with E-state index in [1.807, 2.05) is 24.3 Å². The van der Waals surface area contributed by atoms with Crippen LogP contribution in [-0.2, 0) is 24.7 Å². The molecule has 1 aromatic rings. The van der Waals surface area contributed by atoms with Crippen molar-refractivity contribution in [3.8, 4) is 0 Å². The lowest BCUT2D eigenvalue weighted by atomic mass is 9.80. The molecule has 1 aromatic carbocycles. The average molecular weight is 337 g/mol. The lowest BCUT2D eigenvalue weighted by molar-refractivity contribution is 0.124. The Bertz CT molecular complexity index is 604. The Kier molecular flexibility index (Phi) is 6.58. The van der Waals surface area contributed by atoms with Gasteiger partial charge in [0.2, 0.25) is 0 Å². The first-order valence-electron chi connectivity index (χ1n) is 7.98. The SMILES string of the molecule is C=CCC1CCc2ccccc2/C1=N\OP(=O)(OCC)OCC. The molecule has 2 rings (SSSR count). The molecule has 0 bridgehead atoms. The van der Waals surface area contributed by atoms with Crippen molar-refractivity contribution in [2.24, 2.45) is 11.1 Å². The predicted molar refractivity (Wildman–Crippen MR) is 91.5 cm³/mol. The molecular weight excluding hydrogens is 313 g/mol. The highest BCUT2D eigenvalue weighted by Crippen LogP contribution is 2.50. The Labute approximate surface area is 137 Å². The molecule has 0 aliphatic heterocycles. The fraction of sp³-hybridized carbons (Fsp3) is 0.471. The average Bonchev–Trinajstić information content (AvgIpc) is 2.54. The van der Waals surface area contributed by atoms with Crippen LogP contribution in [0.5, 0.6) is 0 Å². The van der Waals surface area contributed by atoms with Gasteiger partial charge in [-0.2, -0.15) is 0 Å². The predicted octanol–water partition coefficient (Wildman–Crippen LogP) is 4.73. The van der Waals surface area contributed by atoms with Crippen molar-refractivity contribution in [1.29, 1.82) is 0 Å². The van der Waals surface area contributed by atoms with E-state index in [1.165, 1.54) is 5.56 Å². The van der Waals surface area contributed by atoms with Crippen LogP contribution in [0.3, 0.4) is 0 Å². The normalized spacial score (nSPS) is 19.4. The first-order valence-corrected chi connectivity index (χ1v) is 9.44. The van der Waals surface area contributed by atoms with Gasteiger partial charge in [0.05, 0.1) is 18.9 Å². The monoisotopic (exact) mass is 337 g/mol. The Balaban J connectivity index is 2.31. The van der Waals surface area contributed by atoms with E-state index in [0.717, 1.165) is 30.5 Å². The fourth-order valence-corrected chi connectivity index (χ4v) is 3.71. The van der Waals surface area contributed by atoms with E-state index in [0.29, 0.717) is 0 Å². The van der Waals surface area contributed by atoms with Gasteiger partial charge < -0.3 is 0 Å². The lowest BCUT2D eigenvalue weighted by Gasteiger charge is -2.25. The van der Waals surface area contributed by atoms with Crippen molar-refractivity contribution in [1.82, 2.24) is 0 Å². The quantitative estimate of drug-likeness (QED) is 0.391. The van der Waals surface area contributed by atoms with Crippen LogP contribution in [0.4, 0.5) is 0 Å². The molecule has 1 unspecified atom stereocenters. The summed E-state index contributed by atoms with van der Waals surface area (Å²) in [5, 5.41) is 4.19. The zero-order valence-corrected chi connectivity index (χ0v) is 14.6. The summed E-state index contributed by atoms with van der Waals surface area (Å²) in [6.45, 7) is 7.74. The third-order valence-corrected chi connectivity index (χ3v) is 5.14. The standard InChI is InChI=1S/C17H24NO4P/c1-4-9-15-13-12-14-10-7-8-11-16(14)17(15)18-22-23(19,20-5-2)21-6-3/h4,7-8,10-11,15H,1,5-6,9,12-13H2,2-3H3/b18-17-. The van der Waals surface area contributed by atoms with Crippen LogP contribution in [0.1, 0.15) is 37.8 Å². The summed E-state index contributed by atoms with van der Waals surface area (Å²) < 4.78 is 27.9. The van der Waals surface area contributed by atoms with E-state index in [1.54, 1.807) is 13.8 Å². The highest BCUT2D eigenvalue weighted by Gasteiger charge is 2.30. The maximum Gasteiger partial charge on any atom is 0.550 e. The zero-order valence-electron chi connectivity index (χ0n) is 13.7. The molecule has 126 valence electrons. The van der Waals surface area contributed by atoms with Crippen LogP contribution in [-0.4, -0.2) is 18.9 Å². The Morgan fingerprint density at radius 1 is 1.30 bits per heavy atom. The maximum atomic E-state index is 12.4. The maximum absolute atomic E-state index is 12.4. The zero-order chi connectivity index (χ0) is 16.7. The van der Waals surface area contributed by atoms with Gasteiger partial charge in [0.1, 0.15) is 0 Å². The van der Waals surface area contributed by atoms with Crippen molar-refractivity contribution in [2.75, 3.05) is 13.2 Å². The highest BCUT2D eigenvalue weighted by molar-refractivity contribution is 7.48. The number of hydrogen-bond acceptors (Lipinski definition) is 5. The molecule has 0 spiro atoms. The summed E-state index contributed by atoms with van der Waals surface area (Å²) in [5.41, 5.74) is 3.04. The van der Waals surface area contributed by atoms with Gasteiger partial charge in [-0.3, -0.25) is 13.7 Å². The molecule has 0 N–H and O–H groups in total. The van der Waals surface area contributed by atoms with Gasteiger partial charge in [0.25, 0.3) is 0 Å². The lowest BCUT2D eigenvalue weighted by Crippen LogP contribution is -2.23. The van der Waals surface area contributed by atoms with Crippen molar-refractivity contribution in [2.45, 2.75) is 33.1 Å². The van der Waals surface area contributed by atoms with Crippen LogP contribution >= 0.6 is 7.82 Å². The number of fused-ring (bicyclic) bond motifs is 1. The number of phosphoric ester groups is 1. The van der Waals surface area contributed by atoms with E-state index in [-0.39, 0.29) is 19.1 Å². The Morgan fingerprint density at radius 2 is 2.00 bits per heavy atom. The van der Waals surface area contributed by atoms with Crippen LogP contribution in [0.15, 0.2) is 42.1 Å². The molecule has 0 saturated carbocycles. The summed E-state index contributed by atoms with van der Waals surface area (Å²) in [7, 11) is -3.66. The van der Waals surface area contributed by atoms with Gasteiger partial charge in [0, 0.05) is 11.5 Å². The minimum Gasteiger partial charge on any atom is -0.292 e. The molecule has 0 radical (unpaired) electrons. The fourth-order valence-electron chi connectivity index (χ4n) is 2.72. The summed E-state index contributed by atoms with van der Waals surface area (Å²) in [6.07, 6.45) is 4.62. The molecule has 1 atom stereocenters. The van der Waals surface area contributed by atoms with Crippen LogP contribution < -0.4 is 0 Å². The number of aryl methyl sites for hydroxylation is 1. The second kappa shape index (κ2) is 8.44. The Morgan fingerprint density at radius 3 is 2.65 bits per heavy atom. The number of rotatable bonds is 8. The number of allylic oxidation sites excluding steroid dienone is 1. The van der Waals surface area contributed by atoms with Gasteiger partial charge >= 0.3 is 7.82 Å². The third-order valence-electron chi connectivity index (χ3n) is 3.71. The van der Waals surface area contributed by atoms with Gasteiger partial charge in [-0.05, 0) is 38.7 Å². The molecule has 6 heteroatoms. The van der Waals surface area contributed by atoms with Crippen molar-refractivity contribution in [3.05, 3.63) is 48.0 Å². The molecule has 1 aliphatic rings. The van der Waals surface area contributed by atoms with Crippen molar-refractivity contribution in [3.63, 3.8) is 0 Å². The van der Waals surface area contributed by atoms with E-state index in [4.69, 9.17) is 13.7 Å². The van der Waals surface area contributed by atoms with E-state index < -0.39 is 7.82 Å². The highest BCUT2D eigenvalue weighted by atomic mass is 31.2. The first kappa shape index (κ1) is 17.9. The summed E-state index contributed by atoms with van der Waals surface area (Å²) in [6, 6.07) is 8.07. The molecule has 5 nitrogen and oxygen atoms in total. The second-order valence-corrected chi connectivity index (χ2v) is 6.83. The minimum absolute atomic E-state index is 0.194. The van der Waals surface area contributed by atoms with Crippen LogP contribution in [0, 0.1) is 5.92 Å². The molecule has 23 heavy (non-hydrogen) atoms. The largest absolute Gasteiger partial charge is 0.550 e. The number of hydrogen-bond donors (Lipinski definition) is 0. The van der Waals surface area contributed by atoms with Gasteiger partial charge in [-0.15, -0.1) is 6.58 Å². The van der Waals surface area contributed by atoms with Gasteiger partial charge in [0.15, 0.2) is 0 Å². The molecule has 1 aliphatic carbocycles. The van der Waals surface area contributed by atoms with Crippen LogP contribution in [0.2, 0.25) is 0 Å². The molecule has 0 saturated heterocycles. The van der Waals surface area contributed by atoms with Crippen LogP contribution in [0.25, 0.3) is 0 Å². The smallest absolute Gasteiger partial charge is 0.292 e. The number of oxime groups is 1. The molecule has 0 fully saturated rings. The number of phosphoric acid groups is 1. The molecular formula is C17H24NO4P. The Hall–Kier alpha value is -1.42. The minimum atomic E-state index is -3.66. The topological polar surface area (TPSA) is 57.1 Å². The van der Waals surface area contributed by atoms with Gasteiger partial charge in [-0.25, -0.2) is 4.57 Å². The number of benzene rings is 1. The van der Waals surface area contributed by atoms with Crippen molar-refractivity contribution >= 4 is 13.5 Å². The third kappa shape index (κ3) is 4.54.